The zero-order chi connectivity index (χ0) is 17.5. The van der Waals surface area contributed by atoms with Gasteiger partial charge in [-0.3, -0.25) is 0 Å². The Morgan fingerprint density at radius 1 is 0.875 bits per heavy atom. The average Bonchev–Trinajstić information content (AvgIpc) is 2.62. The van der Waals surface area contributed by atoms with Crippen molar-refractivity contribution in [1.29, 1.82) is 0 Å². The fraction of sp³-hybridized carbons (Fsp3) is 0.682. The van der Waals surface area contributed by atoms with E-state index in [0.29, 0.717) is 6.61 Å². The van der Waals surface area contributed by atoms with Crippen molar-refractivity contribution in [2.24, 2.45) is 5.92 Å². The molecule has 0 aromatic heterocycles. The summed E-state index contributed by atoms with van der Waals surface area (Å²) in [6.45, 7) is 5.20. The van der Waals surface area contributed by atoms with Gasteiger partial charge in [-0.15, -0.1) is 0 Å². The lowest BCUT2D eigenvalue weighted by Crippen LogP contribution is -2.03. The second-order valence-corrected chi connectivity index (χ2v) is 7.35. The van der Waals surface area contributed by atoms with Crippen molar-refractivity contribution in [1.82, 2.24) is 0 Å². The predicted molar refractivity (Wildman–Crippen MR) is 109 cm³/mol. The maximum absolute atomic E-state index is 5.69. The minimum atomic E-state index is 0.607. The summed E-state index contributed by atoms with van der Waals surface area (Å²) in [6.07, 6.45) is 14.4. The maximum atomic E-state index is 5.69. The van der Waals surface area contributed by atoms with E-state index in [1.807, 2.05) is 18.2 Å². The average molecular weight is 349 g/mol. The van der Waals surface area contributed by atoms with E-state index in [1.165, 1.54) is 69.8 Å². The molecule has 1 aromatic carbocycles. The van der Waals surface area contributed by atoms with Gasteiger partial charge >= 0.3 is 0 Å². The van der Waals surface area contributed by atoms with Gasteiger partial charge in [0.15, 0.2) is 5.05 Å². The second kappa shape index (κ2) is 14.5. The highest BCUT2D eigenvalue weighted by Gasteiger charge is 2.08. The van der Waals surface area contributed by atoms with Crippen molar-refractivity contribution in [3.05, 3.63) is 35.9 Å². The van der Waals surface area contributed by atoms with Crippen LogP contribution in [0.25, 0.3) is 0 Å². The Bertz CT molecular complexity index is 407. The molecule has 0 aliphatic carbocycles. The van der Waals surface area contributed by atoms with E-state index in [-0.39, 0.29) is 0 Å². The quantitative estimate of drug-likeness (QED) is 0.254. The lowest BCUT2D eigenvalue weighted by Gasteiger charge is -2.16. The first-order valence-corrected chi connectivity index (χ1v) is 10.4. The number of ether oxygens (including phenoxy) is 1. The van der Waals surface area contributed by atoms with Crippen molar-refractivity contribution in [3.63, 3.8) is 0 Å². The van der Waals surface area contributed by atoms with E-state index in [4.69, 9.17) is 17.0 Å². The summed E-state index contributed by atoms with van der Waals surface area (Å²) in [4.78, 5) is 0. The van der Waals surface area contributed by atoms with Crippen molar-refractivity contribution in [3.8, 4) is 0 Å². The van der Waals surface area contributed by atoms with Crippen molar-refractivity contribution in [2.45, 2.75) is 91.1 Å². The Morgan fingerprint density at radius 3 is 2.12 bits per heavy atom. The molecule has 0 fully saturated rings. The first kappa shape index (κ1) is 21.2. The monoisotopic (exact) mass is 348 g/mol. The molecule has 0 unspecified atom stereocenters. The number of benzene rings is 1. The smallest absolute Gasteiger partial charge is 0.160 e. The second-order valence-electron chi connectivity index (χ2n) is 6.90. The standard InChI is InChI=1S/C22H36OS/c1-3-5-13-20(14-6-4-2)15-9-8-12-18-22(24)23-19-21-16-10-7-11-17-21/h7,10-11,16-17,20H,3-6,8-9,12-15,18-19H2,1-2H3. The van der Waals surface area contributed by atoms with Crippen LogP contribution in [0.1, 0.15) is 90.0 Å². The molecule has 0 aliphatic rings. The van der Waals surface area contributed by atoms with Crippen LogP contribution in [0.2, 0.25) is 0 Å². The van der Waals surface area contributed by atoms with E-state index < -0.39 is 0 Å². The molecule has 0 saturated heterocycles. The summed E-state index contributed by atoms with van der Waals surface area (Å²) in [5.74, 6) is 0.950. The van der Waals surface area contributed by atoms with Gasteiger partial charge in [-0.2, -0.15) is 0 Å². The van der Waals surface area contributed by atoms with Gasteiger partial charge in [0.25, 0.3) is 0 Å². The molecule has 0 spiro atoms. The zero-order valence-electron chi connectivity index (χ0n) is 15.8. The molecule has 1 nitrogen and oxygen atoms in total. The fourth-order valence-electron chi connectivity index (χ4n) is 3.11. The van der Waals surface area contributed by atoms with Crippen LogP contribution >= 0.6 is 12.2 Å². The van der Waals surface area contributed by atoms with Crippen LogP contribution < -0.4 is 0 Å². The lowest BCUT2D eigenvalue weighted by molar-refractivity contribution is 0.290. The number of hydrogen-bond acceptors (Lipinski definition) is 2. The molecule has 1 aromatic rings. The van der Waals surface area contributed by atoms with Gasteiger partial charge in [-0.25, -0.2) is 0 Å². The number of unbranched alkanes of at least 4 members (excludes halogenated alkanes) is 4. The summed E-state index contributed by atoms with van der Waals surface area (Å²) in [5, 5.41) is 0.771. The van der Waals surface area contributed by atoms with Crippen LogP contribution in [-0.4, -0.2) is 5.05 Å². The molecule has 0 saturated carbocycles. The van der Waals surface area contributed by atoms with Crippen molar-refractivity contribution >= 4 is 17.3 Å². The Hall–Kier alpha value is -0.890. The number of hydrogen-bond donors (Lipinski definition) is 0. The van der Waals surface area contributed by atoms with E-state index in [1.54, 1.807) is 0 Å². The normalized spacial score (nSPS) is 11.0. The molecule has 24 heavy (non-hydrogen) atoms. The van der Waals surface area contributed by atoms with E-state index in [9.17, 15) is 0 Å². The Balaban J connectivity index is 2.07. The van der Waals surface area contributed by atoms with Crippen LogP contribution in [0.4, 0.5) is 0 Å². The molecular weight excluding hydrogens is 312 g/mol. The molecule has 0 N–H and O–H groups in total. The third-order valence-corrected chi connectivity index (χ3v) is 4.99. The van der Waals surface area contributed by atoms with Gasteiger partial charge in [-0.05, 0) is 30.1 Å². The van der Waals surface area contributed by atoms with Crippen LogP contribution in [0.15, 0.2) is 30.3 Å². The van der Waals surface area contributed by atoms with Gasteiger partial charge < -0.3 is 4.74 Å². The summed E-state index contributed by atoms with van der Waals surface area (Å²) in [6, 6.07) is 10.3. The van der Waals surface area contributed by atoms with E-state index in [0.717, 1.165) is 17.4 Å². The molecule has 0 amide bonds. The lowest BCUT2D eigenvalue weighted by atomic mass is 9.91. The largest absolute Gasteiger partial charge is 0.482 e. The van der Waals surface area contributed by atoms with Crippen LogP contribution in [0.3, 0.4) is 0 Å². The van der Waals surface area contributed by atoms with E-state index in [2.05, 4.69) is 26.0 Å². The highest BCUT2D eigenvalue weighted by atomic mass is 32.1. The SMILES string of the molecule is CCCCC(CCCC)CCCCCC(=S)OCc1ccccc1. The van der Waals surface area contributed by atoms with Crippen LogP contribution in [0.5, 0.6) is 0 Å². The third kappa shape index (κ3) is 10.8. The molecule has 2 heteroatoms. The van der Waals surface area contributed by atoms with Crippen LogP contribution in [0, 0.1) is 5.92 Å². The molecule has 0 heterocycles. The molecule has 0 atom stereocenters. The first-order valence-electron chi connectivity index (χ1n) is 9.95. The third-order valence-electron chi connectivity index (χ3n) is 4.67. The molecule has 136 valence electrons. The summed E-state index contributed by atoms with van der Waals surface area (Å²) >= 11 is 5.35. The Labute approximate surface area is 155 Å². The summed E-state index contributed by atoms with van der Waals surface area (Å²) in [7, 11) is 0. The minimum Gasteiger partial charge on any atom is -0.482 e. The van der Waals surface area contributed by atoms with Crippen molar-refractivity contribution < 1.29 is 4.74 Å². The summed E-state index contributed by atoms with van der Waals surface area (Å²) in [5.41, 5.74) is 1.19. The molecular formula is C22H36OS. The topological polar surface area (TPSA) is 9.23 Å². The highest BCUT2D eigenvalue weighted by molar-refractivity contribution is 7.80. The first-order chi connectivity index (χ1) is 11.8. The van der Waals surface area contributed by atoms with Gasteiger partial charge in [-0.1, -0.05) is 102 Å². The van der Waals surface area contributed by atoms with E-state index >= 15 is 0 Å². The minimum absolute atomic E-state index is 0.607. The molecule has 1 rings (SSSR count). The predicted octanol–water partition coefficient (Wildman–Crippen LogP) is 7.48. The van der Waals surface area contributed by atoms with Gasteiger partial charge in [0.2, 0.25) is 0 Å². The number of rotatable bonds is 14. The number of thiocarbonyl (C=S) groups is 1. The van der Waals surface area contributed by atoms with Crippen LogP contribution in [-0.2, 0) is 11.3 Å². The Kier molecular flexibility index (Phi) is 12.7. The molecule has 0 bridgehead atoms. The fourth-order valence-corrected chi connectivity index (χ4v) is 3.31. The Morgan fingerprint density at radius 2 is 1.50 bits per heavy atom. The molecule has 0 radical (unpaired) electrons. The molecule has 0 aliphatic heterocycles. The maximum Gasteiger partial charge on any atom is 0.160 e. The van der Waals surface area contributed by atoms with Gasteiger partial charge in [0.05, 0.1) is 0 Å². The summed E-state index contributed by atoms with van der Waals surface area (Å²) < 4.78 is 5.69. The highest BCUT2D eigenvalue weighted by Crippen LogP contribution is 2.22. The van der Waals surface area contributed by atoms with Crippen molar-refractivity contribution in [2.75, 3.05) is 0 Å². The van der Waals surface area contributed by atoms with Gasteiger partial charge in [0, 0.05) is 6.42 Å². The van der Waals surface area contributed by atoms with Gasteiger partial charge in [0.1, 0.15) is 6.61 Å². The zero-order valence-corrected chi connectivity index (χ0v) is 16.6.